The number of aliphatic imine (C=N–C) groups is 1. The Labute approximate surface area is 142 Å². The molecule has 0 saturated heterocycles. The fourth-order valence-electron chi connectivity index (χ4n) is 2.29. The van der Waals surface area contributed by atoms with Crippen LogP contribution in [0.25, 0.3) is 23.4 Å². The first-order chi connectivity index (χ1) is 11.1. The Morgan fingerprint density at radius 1 is 1.26 bits per heavy atom. The quantitative estimate of drug-likeness (QED) is 0.653. The molecule has 0 atom stereocenters. The van der Waals surface area contributed by atoms with Crippen LogP contribution in [0.5, 0.6) is 0 Å². The van der Waals surface area contributed by atoms with Crippen molar-refractivity contribution >= 4 is 35.5 Å². The predicted octanol–water partition coefficient (Wildman–Crippen LogP) is 5.65. The highest BCUT2D eigenvalue weighted by molar-refractivity contribution is 6.30. The maximum atomic E-state index is 6.01. The van der Waals surface area contributed by atoms with Gasteiger partial charge in [-0.25, -0.2) is 4.98 Å². The summed E-state index contributed by atoms with van der Waals surface area (Å²) in [6.45, 7) is 9.79. The van der Waals surface area contributed by atoms with Crippen LogP contribution < -0.4 is 0 Å². The van der Waals surface area contributed by atoms with Gasteiger partial charge >= 0.3 is 0 Å². The molecule has 118 valence electrons. The Balaban J connectivity index is 2.74. The molecule has 2 rings (SSSR count). The Kier molecular flexibility index (Phi) is 5.72. The van der Waals surface area contributed by atoms with Gasteiger partial charge in [-0.05, 0) is 57.2 Å². The summed E-state index contributed by atoms with van der Waals surface area (Å²) in [4.78, 5) is 8.95. The molecule has 0 N–H and O–H groups in total. The van der Waals surface area contributed by atoms with E-state index in [0.29, 0.717) is 5.02 Å². The summed E-state index contributed by atoms with van der Waals surface area (Å²) in [5, 5.41) is 0.701. The molecule has 1 aromatic heterocycles. The van der Waals surface area contributed by atoms with Crippen molar-refractivity contribution in [2.45, 2.75) is 20.8 Å². The van der Waals surface area contributed by atoms with Crippen molar-refractivity contribution in [2.24, 2.45) is 4.99 Å². The number of allylic oxidation sites excluding steroid dienone is 2. The van der Waals surface area contributed by atoms with Gasteiger partial charge in [0.2, 0.25) is 0 Å². The maximum absolute atomic E-state index is 6.01. The fourth-order valence-corrected chi connectivity index (χ4v) is 2.41. The number of imidazole rings is 1. The van der Waals surface area contributed by atoms with Crippen molar-refractivity contribution in [3.8, 4) is 5.69 Å². The van der Waals surface area contributed by atoms with E-state index < -0.39 is 0 Å². The first kappa shape index (κ1) is 17.0. The third-order valence-electron chi connectivity index (χ3n) is 3.31. The van der Waals surface area contributed by atoms with Crippen molar-refractivity contribution in [1.82, 2.24) is 9.55 Å². The smallest absolute Gasteiger partial charge is 0.142 e. The van der Waals surface area contributed by atoms with Crippen molar-refractivity contribution < 1.29 is 0 Å². The zero-order valence-electron chi connectivity index (χ0n) is 13.6. The van der Waals surface area contributed by atoms with Crippen LogP contribution in [0.2, 0.25) is 5.02 Å². The second-order valence-electron chi connectivity index (χ2n) is 4.94. The summed E-state index contributed by atoms with van der Waals surface area (Å²) in [5.74, 6) is 0.834. The molecule has 0 saturated carbocycles. The summed E-state index contributed by atoms with van der Waals surface area (Å²) in [6, 6.07) is 7.67. The molecule has 2 aromatic rings. The lowest BCUT2D eigenvalue weighted by Gasteiger charge is -2.10. The zero-order valence-corrected chi connectivity index (χ0v) is 14.4. The summed E-state index contributed by atoms with van der Waals surface area (Å²) in [7, 11) is 0. The molecule has 1 aromatic carbocycles. The Bertz CT molecular complexity index is 778. The molecular weight excluding hydrogens is 306 g/mol. The Hall–Kier alpha value is -2.39. The Morgan fingerprint density at radius 2 is 1.96 bits per heavy atom. The molecule has 1 heterocycles. The second-order valence-corrected chi connectivity index (χ2v) is 5.38. The number of halogens is 1. The van der Waals surface area contributed by atoms with Crippen molar-refractivity contribution in [1.29, 1.82) is 0 Å². The first-order valence-electron chi connectivity index (χ1n) is 7.41. The fraction of sp³-hybridized carbons (Fsp3) is 0.158. The summed E-state index contributed by atoms with van der Waals surface area (Å²) >= 11 is 6.01. The van der Waals surface area contributed by atoms with E-state index in [0.717, 1.165) is 28.5 Å². The number of rotatable bonds is 5. The lowest BCUT2D eigenvalue weighted by molar-refractivity contribution is 1.01. The average molecular weight is 326 g/mol. The van der Waals surface area contributed by atoms with Crippen molar-refractivity contribution in [3.05, 3.63) is 65.4 Å². The Morgan fingerprint density at radius 3 is 2.52 bits per heavy atom. The second kappa shape index (κ2) is 7.75. The maximum Gasteiger partial charge on any atom is 0.142 e. The van der Waals surface area contributed by atoms with Crippen LogP contribution in [0.1, 0.15) is 38.0 Å². The van der Waals surface area contributed by atoms with Gasteiger partial charge in [-0.1, -0.05) is 24.3 Å². The van der Waals surface area contributed by atoms with Gasteiger partial charge in [-0.2, -0.15) is 0 Å². The van der Waals surface area contributed by atoms with Crippen LogP contribution in [0.15, 0.2) is 48.1 Å². The van der Waals surface area contributed by atoms with E-state index in [-0.39, 0.29) is 0 Å². The molecule has 0 unspecified atom stereocenters. The van der Waals surface area contributed by atoms with Crippen molar-refractivity contribution in [2.75, 3.05) is 0 Å². The molecule has 4 heteroatoms. The molecule has 0 bridgehead atoms. The minimum Gasteiger partial charge on any atom is -0.293 e. The molecular formula is C19H20ClN3. The number of hydrogen-bond donors (Lipinski definition) is 0. The molecule has 0 aliphatic rings. The highest BCUT2D eigenvalue weighted by atomic mass is 35.5. The molecule has 3 nitrogen and oxygen atoms in total. The van der Waals surface area contributed by atoms with Gasteiger partial charge in [-0.15, -0.1) is 0 Å². The van der Waals surface area contributed by atoms with Crippen LogP contribution in [-0.2, 0) is 0 Å². The molecule has 0 aliphatic carbocycles. The topological polar surface area (TPSA) is 30.2 Å². The van der Waals surface area contributed by atoms with Crippen LogP contribution in [0, 0.1) is 0 Å². The standard InChI is InChI=1S/C19H20ClN3/c1-5-8-17-18(6-2)23(16-11-9-15(20)10-12-16)19(22-17)14(4)13-21-7-3/h5-13H,2H2,1,3-4H3/b8-5-,14-13+,21-7?. The van der Waals surface area contributed by atoms with E-state index in [4.69, 9.17) is 16.6 Å². The van der Waals surface area contributed by atoms with Gasteiger partial charge in [-0.3, -0.25) is 9.56 Å². The van der Waals surface area contributed by atoms with Crippen LogP contribution in [0.4, 0.5) is 0 Å². The zero-order chi connectivity index (χ0) is 16.8. The highest BCUT2D eigenvalue weighted by Crippen LogP contribution is 2.26. The van der Waals surface area contributed by atoms with E-state index in [1.807, 2.05) is 63.3 Å². The number of aromatic nitrogens is 2. The monoisotopic (exact) mass is 325 g/mol. The number of nitrogens with zero attached hydrogens (tertiary/aromatic N) is 3. The van der Waals surface area contributed by atoms with Gasteiger partial charge in [0.1, 0.15) is 5.82 Å². The summed E-state index contributed by atoms with van der Waals surface area (Å²) in [6.07, 6.45) is 9.32. The molecule has 0 amide bonds. The van der Waals surface area contributed by atoms with E-state index in [1.165, 1.54) is 0 Å². The number of hydrogen-bond acceptors (Lipinski definition) is 2. The SMILES string of the molecule is C=Cc1c(/C=C\C)nc(/C(C)=C/N=CC)n1-c1ccc(Cl)cc1. The number of benzene rings is 1. The van der Waals surface area contributed by atoms with E-state index in [9.17, 15) is 0 Å². The molecule has 23 heavy (non-hydrogen) atoms. The lowest BCUT2D eigenvalue weighted by Crippen LogP contribution is -2.01. The van der Waals surface area contributed by atoms with Gasteiger partial charge in [0.05, 0.1) is 11.4 Å². The minimum absolute atomic E-state index is 0.701. The molecule has 0 spiro atoms. The first-order valence-corrected chi connectivity index (χ1v) is 7.79. The van der Waals surface area contributed by atoms with Gasteiger partial charge < -0.3 is 0 Å². The average Bonchev–Trinajstić information content (AvgIpc) is 2.92. The lowest BCUT2D eigenvalue weighted by atomic mass is 10.2. The normalized spacial score (nSPS) is 12.4. The minimum atomic E-state index is 0.701. The van der Waals surface area contributed by atoms with Crippen LogP contribution in [-0.4, -0.2) is 15.8 Å². The molecule has 0 aliphatic heterocycles. The summed E-state index contributed by atoms with van der Waals surface area (Å²) < 4.78 is 2.07. The van der Waals surface area contributed by atoms with Crippen LogP contribution in [0.3, 0.4) is 0 Å². The third-order valence-corrected chi connectivity index (χ3v) is 3.57. The summed E-state index contributed by atoms with van der Waals surface area (Å²) in [5.41, 5.74) is 3.77. The highest BCUT2D eigenvalue weighted by Gasteiger charge is 2.16. The van der Waals surface area contributed by atoms with Gasteiger partial charge in [0.25, 0.3) is 0 Å². The van der Waals surface area contributed by atoms with E-state index in [2.05, 4.69) is 16.1 Å². The van der Waals surface area contributed by atoms with Crippen LogP contribution >= 0.6 is 11.6 Å². The van der Waals surface area contributed by atoms with E-state index in [1.54, 1.807) is 12.4 Å². The largest absolute Gasteiger partial charge is 0.293 e. The van der Waals surface area contributed by atoms with Gasteiger partial charge in [0.15, 0.2) is 0 Å². The van der Waals surface area contributed by atoms with Crippen molar-refractivity contribution in [3.63, 3.8) is 0 Å². The van der Waals surface area contributed by atoms with E-state index >= 15 is 0 Å². The van der Waals surface area contributed by atoms with Gasteiger partial charge in [0, 0.05) is 28.7 Å². The predicted molar refractivity (Wildman–Crippen MR) is 101 cm³/mol. The third kappa shape index (κ3) is 3.69. The molecule has 0 fully saturated rings. The molecule has 0 radical (unpaired) electrons.